The smallest absolute Gasteiger partial charge is 0.300 e. The highest BCUT2D eigenvalue weighted by Crippen LogP contribution is 2.44. The standard InChI is InChI=1S/C24H21NO4S/c1-14-7-4-5-8-18(14)25-21(19-9-6-12-30-19)20(23(27)24(25)28)22(26)17-11-10-16(29-3)13-15(17)2/h4-13,21,26H,1-3H3/b22-20-. The third kappa shape index (κ3) is 3.19. The lowest BCUT2D eigenvalue weighted by Gasteiger charge is -2.25. The normalized spacial score (nSPS) is 18.1. The minimum Gasteiger partial charge on any atom is -0.507 e. The molecule has 6 heteroatoms. The van der Waals surface area contributed by atoms with Gasteiger partial charge in [-0.05, 0) is 60.7 Å². The van der Waals surface area contributed by atoms with E-state index in [0.29, 0.717) is 17.0 Å². The van der Waals surface area contributed by atoms with Gasteiger partial charge in [-0.1, -0.05) is 24.3 Å². The van der Waals surface area contributed by atoms with Crippen LogP contribution in [0.2, 0.25) is 0 Å². The summed E-state index contributed by atoms with van der Waals surface area (Å²) in [5.41, 5.74) is 2.88. The molecule has 0 aliphatic carbocycles. The van der Waals surface area contributed by atoms with Gasteiger partial charge in [0.05, 0.1) is 12.7 Å². The van der Waals surface area contributed by atoms with Crippen LogP contribution >= 0.6 is 11.3 Å². The second kappa shape index (κ2) is 7.80. The molecule has 1 aliphatic rings. The number of hydrogen-bond donors (Lipinski definition) is 1. The Morgan fingerprint density at radius 1 is 1.03 bits per heavy atom. The van der Waals surface area contributed by atoms with Gasteiger partial charge < -0.3 is 9.84 Å². The topological polar surface area (TPSA) is 66.8 Å². The van der Waals surface area contributed by atoms with Crippen LogP contribution in [0.3, 0.4) is 0 Å². The number of ketones is 1. The molecule has 4 rings (SSSR count). The number of rotatable bonds is 4. The second-order valence-electron chi connectivity index (χ2n) is 7.15. The molecule has 1 unspecified atom stereocenters. The number of aliphatic hydroxyl groups excluding tert-OH is 1. The molecule has 1 atom stereocenters. The number of carbonyl (C=O) groups excluding carboxylic acids is 2. The molecule has 0 bridgehead atoms. The molecule has 2 aromatic carbocycles. The first kappa shape index (κ1) is 19.9. The summed E-state index contributed by atoms with van der Waals surface area (Å²) in [5, 5.41) is 13.1. The quantitative estimate of drug-likeness (QED) is 0.367. The van der Waals surface area contributed by atoms with E-state index < -0.39 is 17.7 Å². The molecule has 5 nitrogen and oxygen atoms in total. The molecule has 30 heavy (non-hydrogen) atoms. The number of methoxy groups -OCH3 is 1. The minimum absolute atomic E-state index is 0.0963. The predicted octanol–water partition coefficient (Wildman–Crippen LogP) is 5.00. The summed E-state index contributed by atoms with van der Waals surface area (Å²) in [6.07, 6.45) is 0. The van der Waals surface area contributed by atoms with Gasteiger partial charge in [0.25, 0.3) is 11.7 Å². The lowest BCUT2D eigenvalue weighted by atomic mass is 9.97. The van der Waals surface area contributed by atoms with E-state index in [0.717, 1.165) is 16.0 Å². The number of benzene rings is 2. The van der Waals surface area contributed by atoms with Crippen molar-refractivity contribution in [1.82, 2.24) is 0 Å². The van der Waals surface area contributed by atoms with Crippen molar-refractivity contribution in [2.45, 2.75) is 19.9 Å². The van der Waals surface area contributed by atoms with Crippen LogP contribution in [0, 0.1) is 13.8 Å². The molecule has 1 aliphatic heterocycles. The molecule has 0 saturated carbocycles. The molecule has 1 fully saturated rings. The second-order valence-corrected chi connectivity index (χ2v) is 8.13. The van der Waals surface area contributed by atoms with E-state index in [1.807, 2.05) is 55.6 Å². The molecule has 1 saturated heterocycles. The molecule has 1 N–H and O–H groups in total. The van der Waals surface area contributed by atoms with Crippen molar-refractivity contribution in [3.8, 4) is 5.75 Å². The number of para-hydroxylation sites is 1. The van der Waals surface area contributed by atoms with Gasteiger partial charge >= 0.3 is 0 Å². The van der Waals surface area contributed by atoms with Gasteiger partial charge in [-0.25, -0.2) is 0 Å². The zero-order valence-corrected chi connectivity index (χ0v) is 17.7. The van der Waals surface area contributed by atoms with Crippen LogP contribution in [0.4, 0.5) is 5.69 Å². The highest BCUT2D eigenvalue weighted by molar-refractivity contribution is 7.10. The Balaban J connectivity index is 1.94. The average molecular weight is 420 g/mol. The molecular weight excluding hydrogens is 398 g/mol. The monoisotopic (exact) mass is 419 g/mol. The summed E-state index contributed by atoms with van der Waals surface area (Å²) in [7, 11) is 1.57. The van der Waals surface area contributed by atoms with Crippen molar-refractivity contribution < 1.29 is 19.4 Å². The van der Waals surface area contributed by atoms with E-state index in [-0.39, 0.29) is 11.3 Å². The summed E-state index contributed by atoms with van der Waals surface area (Å²) in [5.74, 6) is -0.859. The Morgan fingerprint density at radius 3 is 2.43 bits per heavy atom. The summed E-state index contributed by atoms with van der Waals surface area (Å²) in [6.45, 7) is 3.73. The maximum absolute atomic E-state index is 13.1. The molecule has 1 amide bonds. The molecule has 3 aromatic rings. The summed E-state index contributed by atoms with van der Waals surface area (Å²) < 4.78 is 5.24. The van der Waals surface area contributed by atoms with Crippen LogP contribution in [0.25, 0.3) is 5.76 Å². The van der Waals surface area contributed by atoms with E-state index in [2.05, 4.69) is 0 Å². The van der Waals surface area contributed by atoms with Gasteiger partial charge in [0, 0.05) is 16.1 Å². The molecular formula is C24H21NO4S. The highest BCUT2D eigenvalue weighted by atomic mass is 32.1. The molecule has 0 spiro atoms. The number of anilines is 1. The van der Waals surface area contributed by atoms with Crippen molar-refractivity contribution in [2.75, 3.05) is 12.0 Å². The van der Waals surface area contributed by atoms with Crippen molar-refractivity contribution >= 4 is 34.5 Å². The molecule has 2 heterocycles. The average Bonchev–Trinajstić information content (AvgIpc) is 3.35. The van der Waals surface area contributed by atoms with Gasteiger partial charge in [0.2, 0.25) is 0 Å². The lowest BCUT2D eigenvalue weighted by molar-refractivity contribution is -0.132. The first-order valence-electron chi connectivity index (χ1n) is 9.49. The number of thiophene rings is 1. The Labute approximate surface area is 178 Å². The Kier molecular flexibility index (Phi) is 5.18. The lowest BCUT2D eigenvalue weighted by Crippen LogP contribution is -2.29. The fourth-order valence-electron chi connectivity index (χ4n) is 3.80. The molecule has 0 radical (unpaired) electrons. The van der Waals surface area contributed by atoms with Crippen molar-refractivity contribution in [1.29, 1.82) is 0 Å². The van der Waals surface area contributed by atoms with Gasteiger partial charge in [-0.3, -0.25) is 14.5 Å². The molecule has 152 valence electrons. The maximum Gasteiger partial charge on any atom is 0.300 e. The maximum atomic E-state index is 13.1. The number of Topliss-reactive ketones (excluding diaryl/α,β-unsaturated/α-hetero) is 1. The van der Waals surface area contributed by atoms with Crippen LogP contribution in [-0.2, 0) is 9.59 Å². The number of ether oxygens (including phenoxy) is 1. The first-order chi connectivity index (χ1) is 14.4. The van der Waals surface area contributed by atoms with Gasteiger partial charge in [0.15, 0.2) is 0 Å². The zero-order valence-electron chi connectivity index (χ0n) is 16.9. The van der Waals surface area contributed by atoms with Crippen LogP contribution in [-0.4, -0.2) is 23.9 Å². The van der Waals surface area contributed by atoms with E-state index >= 15 is 0 Å². The number of nitrogens with zero attached hydrogens (tertiary/aromatic N) is 1. The van der Waals surface area contributed by atoms with Gasteiger partial charge in [-0.15, -0.1) is 11.3 Å². The SMILES string of the molecule is COc1ccc(/C(O)=C2/C(=O)C(=O)N(c3ccccc3C)C2c2cccs2)c(C)c1. The van der Waals surface area contributed by atoms with E-state index in [4.69, 9.17) is 4.74 Å². The number of aryl methyl sites for hydroxylation is 2. The third-order valence-electron chi connectivity index (χ3n) is 5.32. The fourth-order valence-corrected chi connectivity index (χ4v) is 4.63. The largest absolute Gasteiger partial charge is 0.507 e. The number of amides is 1. The van der Waals surface area contributed by atoms with Gasteiger partial charge in [0.1, 0.15) is 17.6 Å². The molecule has 1 aromatic heterocycles. The van der Waals surface area contributed by atoms with Crippen molar-refractivity contribution in [2.24, 2.45) is 0 Å². The highest BCUT2D eigenvalue weighted by Gasteiger charge is 2.47. The van der Waals surface area contributed by atoms with E-state index in [1.54, 1.807) is 25.3 Å². The Hall–Kier alpha value is -3.38. The van der Waals surface area contributed by atoms with E-state index in [9.17, 15) is 14.7 Å². The third-order valence-corrected chi connectivity index (χ3v) is 6.25. The number of carbonyl (C=O) groups is 2. The predicted molar refractivity (Wildman–Crippen MR) is 118 cm³/mol. The van der Waals surface area contributed by atoms with Crippen LogP contribution in [0.1, 0.15) is 27.6 Å². The van der Waals surface area contributed by atoms with E-state index in [1.165, 1.54) is 16.2 Å². The van der Waals surface area contributed by atoms with Crippen LogP contribution < -0.4 is 9.64 Å². The summed E-state index contributed by atoms with van der Waals surface area (Å²) in [6, 6.07) is 15.7. The van der Waals surface area contributed by atoms with Crippen molar-refractivity contribution in [3.05, 3.63) is 87.1 Å². The Bertz CT molecular complexity index is 1160. The summed E-state index contributed by atoms with van der Waals surface area (Å²) in [4.78, 5) is 28.5. The Morgan fingerprint density at radius 2 is 1.80 bits per heavy atom. The van der Waals surface area contributed by atoms with Gasteiger partial charge in [-0.2, -0.15) is 0 Å². The van der Waals surface area contributed by atoms with Crippen LogP contribution in [0.15, 0.2) is 65.6 Å². The zero-order chi connectivity index (χ0) is 21.4. The minimum atomic E-state index is -0.690. The fraction of sp³-hybridized carbons (Fsp3) is 0.167. The number of hydrogen-bond acceptors (Lipinski definition) is 5. The first-order valence-corrected chi connectivity index (χ1v) is 10.4. The van der Waals surface area contributed by atoms with Crippen LogP contribution in [0.5, 0.6) is 5.75 Å². The van der Waals surface area contributed by atoms with Crippen molar-refractivity contribution in [3.63, 3.8) is 0 Å². The summed E-state index contributed by atoms with van der Waals surface area (Å²) >= 11 is 1.44. The number of aliphatic hydroxyl groups is 1.